The Bertz CT molecular complexity index is 393. The van der Waals surface area contributed by atoms with Crippen LogP contribution in [0, 0.1) is 6.92 Å². The highest BCUT2D eigenvalue weighted by atomic mass is 35.5. The summed E-state index contributed by atoms with van der Waals surface area (Å²) in [7, 11) is 0. The minimum atomic E-state index is 0.551. The van der Waals surface area contributed by atoms with Gasteiger partial charge in [0, 0.05) is 36.6 Å². The van der Waals surface area contributed by atoms with E-state index >= 15 is 0 Å². The van der Waals surface area contributed by atoms with Gasteiger partial charge in [-0.2, -0.15) is 0 Å². The first-order chi connectivity index (χ1) is 8.74. The number of alkyl halides is 1. The summed E-state index contributed by atoms with van der Waals surface area (Å²) in [4.78, 5) is 11.6. The first kappa shape index (κ1) is 13.6. The summed E-state index contributed by atoms with van der Waals surface area (Å²) < 4.78 is 0. The largest absolute Gasteiger partial charge is 0.353 e. The van der Waals surface area contributed by atoms with Gasteiger partial charge in [0.1, 0.15) is 11.6 Å². The number of halogens is 1. The zero-order valence-corrected chi connectivity index (χ0v) is 12.1. The van der Waals surface area contributed by atoms with Crippen LogP contribution in [0.15, 0.2) is 6.07 Å². The molecule has 0 radical (unpaired) electrons. The lowest BCUT2D eigenvalue weighted by Crippen LogP contribution is -2.40. The molecule has 100 valence electrons. The van der Waals surface area contributed by atoms with Crippen LogP contribution in [0.2, 0.25) is 0 Å². The summed E-state index contributed by atoms with van der Waals surface area (Å²) in [5, 5.41) is 0. The van der Waals surface area contributed by atoms with E-state index in [4.69, 9.17) is 11.6 Å². The topological polar surface area (TPSA) is 29.0 Å². The lowest BCUT2D eigenvalue weighted by molar-refractivity contribution is 0.447. The number of aryl methyl sites for hydroxylation is 2. The molecule has 4 heteroatoms. The van der Waals surface area contributed by atoms with Gasteiger partial charge in [-0.3, -0.25) is 0 Å². The summed E-state index contributed by atoms with van der Waals surface area (Å²) in [6, 6.07) is 2.65. The molecule has 2 rings (SSSR count). The van der Waals surface area contributed by atoms with E-state index in [0.29, 0.717) is 6.04 Å². The maximum atomic E-state index is 5.92. The highest BCUT2D eigenvalue weighted by Gasteiger charge is 2.23. The highest BCUT2D eigenvalue weighted by Crippen LogP contribution is 2.25. The van der Waals surface area contributed by atoms with E-state index < -0.39 is 0 Å². The fourth-order valence-corrected chi connectivity index (χ4v) is 2.90. The zero-order chi connectivity index (χ0) is 13.0. The van der Waals surface area contributed by atoms with Crippen molar-refractivity contribution in [1.29, 1.82) is 0 Å². The van der Waals surface area contributed by atoms with Gasteiger partial charge in [0.15, 0.2) is 0 Å². The van der Waals surface area contributed by atoms with Crippen LogP contribution in [0.1, 0.15) is 44.1 Å². The van der Waals surface area contributed by atoms with Crippen molar-refractivity contribution in [2.45, 2.75) is 52.0 Å². The van der Waals surface area contributed by atoms with Crippen molar-refractivity contribution in [3.8, 4) is 0 Å². The fraction of sp³-hybridized carbons (Fsp3) is 0.714. The lowest BCUT2D eigenvalue weighted by Gasteiger charge is -2.36. The van der Waals surface area contributed by atoms with Gasteiger partial charge >= 0.3 is 0 Å². The first-order valence-electron chi connectivity index (χ1n) is 6.91. The predicted molar refractivity (Wildman–Crippen MR) is 76.5 cm³/mol. The third-order valence-electron chi connectivity index (χ3n) is 3.57. The van der Waals surface area contributed by atoms with E-state index in [0.717, 1.165) is 42.6 Å². The molecule has 3 nitrogen and oxygen atoms in total. The van der Waals surface area contributed by atoms with Gasteiger partial charge in [0.05, 0.1) is 0 Å². The zero-order valence-electron chi connectivity index (χ0n) is 11.3. The Balaban J connectivity index is 2.24. The van der Waals surface area contributed by atoms with E-state index in [-0.39, 0.29) is 0 Å². The monoisotopic (exact) mass is 267 g/mol. The van der Waals surface area contributed by atoms with Crippen LogP contribution in [0.3, 0.4) is 0 Å². The van der Waals surface area contributed by atoms with Gasteiger partial charge in [0.2, 0.25) is 0 Å². The van der Waals surface area contributed by atoms with Gasteiger partial charge in [-0.1, -0.05) is 6.92 Å². The maximum absolute atomic E-state index is 5.92. The molecule has 1 atom stereocenters. The summed E-state index contributed by atoms with van der Waals surface area (Å²) in [5.74, 6) is 2.76. The molecule has 0 N–H and O–H groups in total. The molecule has 0 aliphatic carbocycles. The summed E-state index contributed by atoms with van der Waals surface area (Å²) in [5.41, 5.74) is 1.06. The van der Waals surface area contributed by atoms with Crippen LogP contribution >= 0.6 is 11.6 Å². The van der Waals surface area contributed by atoms with Crippen LogP contribution in [0.25, 0.3) is 0 Å². The van der Waals surface area contributed by atoms with E-state index in [2.05, 4.69) is 27.9 Å². The molecule has 0 aromatic carbocycles. The van der Waals surface area contributed by atoms with Crippen molar-refractivity contribution in [2.24, 2.45) is 0 Å². The number of anilines is 1. The third kappa shape index (κ3) is 3.14. The molecule has 1 aromatic rings. The van der Waals surface area contributed by atoms with Crippen molar-refractivity contribution in [3.63, 3.8) is 0 Å². The molecular formula is C14H22ClN3. The molecule has 1 aliphatic heterocycles. The lowest BCUT2D eigenvalue weighted by atomic mass is 10.00. The predicted octanol–water partition coefficient (Wildman–Crippen LogP) is 3.34. The molecule has 0 spiro atoms. The number of hydrogen-bond donors (Lipinski definition) is 0. The van der Waals surface area contributed by atoms with Crippen molar-refractivity contribution in [1.82, 2.24) is 9.97 Å². The fourth-order valence-electron chi connectivity index (χ4n) is 2.65. The first-order valence-corrected chi connectivity index (χ1v) is 7.45. The van der Waals surface area contributed by atoms with Gasteiger partial charge in [-0.05, 0) is 32.6 Å². The van der Waals surface area contributed by atoms with Gasteiger partial charge in [-0.25, -0.2) is 9.97 Å². The Hall–Kier alpha value is -0.830. The maximum Gasteiger partial charge on any atom is 0.132 e. The van der Waals surface area contributed by atoms with Gasteiger partial charge in [0.25, 0.3) is 0 Å². The van der Waals surface area contributed by atoms with Crippen LogP contribution < -0.4 is 4.90 Å². The second-order valence-corrected chi connectivity index (χ2v) is 5.34. The molecule has 1 saturated heterocycles. The van der Waals surface area contributed by atoms with Crippen LogP contribution in [-0.2, 0) is 6.42 Å². The van der Waals surface area contributed by atoms with E-state index in [1.807, 2.05) is 6.92 Å². The van der Waals surface area contributed by atoms with Crippen molar-refractivity contribution in [2.75, 3.05) is 17.3 Å². The molecule has 1 fully saturated rings. The third-order valence-corrected chi connectivity index (χ3v) is 3.79. The second kappa shape index (κ2) is 6.37. The number of aromatic nitrogens is 2. The molecule has 1 aromatic heterocycles. The van der Waals surface area contributed by atoms with Crippen molar-refractivity contribution in [3.05, 3.63) is 17.6 Å². The molecule has 18 heavy (non-hydrogen) atoms. The van der Waals surface area contributed by atoms with Gasteiger partial charge < -0.3 is 4.90 Å². The van der Waals surface area contributed by atoms with E-state index in [1.54, 1.807) is 0 Å². The Morgan fingerprint density at radius 1 is 1.39 bits per heavy atom. The summed E-state index contributed by atoms with van der Waals surface area (Å²) in [6.45, 7) is 5.25. The van der Waals surface area contributed by atoms with Crippen molar-refractivity contribution < 1.29 is 0 Å². The molecule has 1 aliphatic rings. The summed E-state index contributed by atoms with van der Waals surface area (Å²) >= 11 is 5.92. The smallest absolute Gasteiger partial charge is 0.132 e. The van der Waals surface area contributed by atoms with Crippen molar-refractivity contribution >= 4 is 17.4 Å². The van der Waals surface area contributed by atoms with E-state index in [1.165, 1.54) is 19.3 Å². The molecule has 1 unspecified atom stereocenters. The minimum Gasteiger partial charge on any atom is -0.353 e. The highest BCUT2D eigenvalue weighted by molar-refractivity contribution is 6.17. The molecular weight excluding hydrogens is 246 g/mol. The average Bonchev–Trinajstić information content (AvgIpc) is 2.39. The van der Waals surface area contributed by atoms with Crippen LogP contribution in [-0.4, -0.2) is 28.4 Å². The van der Waals surface area contributed by atoms with Gasteiger partial charge in [-0.15, -0.1) is 11.6 Å². The number of nitrogens with zero attached hydrogens (tertiary/aromatic N) is 3. The second-order valence-electron chi connectivity index (χ2n) is 4.96. The summed E-state index contributed by atoms with van der Waals surface area (Å²) in [6.07, 6.45) is 5.73. The standard InChI is InChI=1S/C14H22ClN3/c1-3-13-16-11(2)10-14(17-13)18-9-5-4-6-12(18)7-8-15/h10,12H,3-9H2,1-2H3. The van der Waals surface area contributed by atoms with Crippen LogP contribution in [0.4, 0.5) is 5.82 Å². The number of hydrogen-bond acceptors (Lipinski definition) is 3. The van der Waals surface area contributed by atoms with E-state index in [9.17, 15) is 0 Å². The average molecular weight is 268 g/mol. The number of piperidine rings is 1. The Labute approximate surface area is 115 Å². The molecule has 0 amide bonds. The molecule has 2 heterocycles. The Morgan fingerprint density at radius 3 is 2.94 bits per heavy atom. The number of rotatable bonds is 4. The minimum absolute atomic E-state index is 0.551. The van der Waals surface area contributed by atoms with Crippen LogP contribution in [0.5, 0.6) is 0 Å². The normalized spacial score (nSPS) is 20.2. The Morgan fingerprint density at radius 2 is 2.22 bits per heavy atom. The Kier molecular flexibility index (Phi) is 4.81. The molecule has 0 bridgehead atoms. The quantitative estimate of drug-likeness (QED) is 0.784. The SMILES string of the molecule is CCc1nc(C)cc(N2CCCCC2CCCl)n1. The molecule has 0 saturated carbocycles.